The van der Waals surface area contributed by atoms with Crippen molar-refractivity contribution in [2.75, 3.05) is 18.0 Å². The molecule has 2 aliphatic heterocycles. The second-order valence-corrected chi connectivity index (χ2v) is 8.32. The van der Waals surface area contributed by atoms with Gasteiger partial charge in [0.05, 0.1) is 6.10 Å². The zero-order chi connectivity index (χ0) is 17.3. The van der Waals surface area contributed by atoms with Crippen LogP contribution in [0.15, 0.2) is 12.7 Å². The second kappa shape index (κ2) is 7.10. The van der Waals surface area contributed by atoms with Crippen LogP contribution in [0.3, 0.4) is 0 Å². The maximum Gasteiger partial charge on any atom is 0.227 e. The maximum atomic E-state index is 6.05. The van der Waals surface area contributed by atoms with Crippen LogP contribution >= 0.6 is 0 Å². The predicted octanol–water partition coefficient (Wildman–Crippen LogP) is 4.25. The Kier molecular flexibility index (Phi) is 4.85. The van der Waals surface area contributed by atoms with Crippen LogP contribution in [0, 0.1) is 5.41 Å². The smallest absolute Gasteiger partial charge is 0.227 e. The summed E-state index contributed by atoms with van der Waals surface area (Å²) < 4.78 is 8.28. The monoisotopic (exact) mass is 344 g/mol. The number of piperidine rings is 1. The Hall–Kier alpha value is -1.36. The van der Waals surface area contributed by atoms with Crippen LogP contribution < -0.4 is 4.90 Å². The normalized spacial score (nSPS) is 29.2. The molecule has 25 heavy (non-hydrogen) atoms. The highest BCUT2D eigenvalue weighted by molar-refractivity contribution is 5.33. The van der Waals surface area contributed by atoms with E-state index in [-0.39, 0.29) is 6.10 Å². The number of hydrogen-bond donors (Lipinski definition) is 0. The number of nitrogens with zero attached hydrogens (tertiary/aromatic N) is 4. The van der Waals surface area contributed by atoms with Crippen LogP contribution in [0.25, 0.3) is 0 Å². The van der Waals surface area contributed by atoms with E-state index in [0.29, 0.717) is 11.5 Å². The molecule has 0 amide bonds. The van der Waals surface area contributed by atoms with Gasteiger partial charge in [0.1, 0.15) is 6.10 Å². The summed E-state index contributed by atoms with van der Waals surface area (Å²) in [6, 6.07) is 0. The molecule has 2 saturated heterocycles. The van der Waals surface area contributed by atoms with E-state index in [2.05, 4.69) is 33.2 Å². The Labute approximate surface area is 151 Å². The third-order valence-corrected chi connectivity index (χ3v) is 6.61. The highest BCUT2D eigenvalue weighted by Crippen LogP contribution is 2.45. The first-order chi connectivity index (χ1) is 12.2. The lowest BCUT2D eigenvalue weighted by atomic mass is 9.68. The van der Waals surface area contributed by atoms with Crippen molar-refractivity contribution in [2.24, 2.45) is 5.41 Å². The van der Waals surface area contributed by atoms with Crippen molar-refractivity contribution in [3.05, 3.63) is 18.5 Å². The Bertz CT molecular complexity index is 595. The molecule has 1 saturated carbocycles. The van der Waals surface area contributed by atoms with Crippen LogP contribution in [0.5, 0.6) is 0 Å². The zero-order valence-electron chi connectivity index (χ0n) is 15.6. The molecule has 3 fully saturated rings. The molecule has 0 aromatic carbocycles. The third kappa shape index (κ3) is 3.35. The summed E-state index contributed by atoms with van der Waals surface area (Å²) in [5.74, 6) is 2.00. The molecule has 0 N–H and O–H groups in total. The minimum absolute atomic E-state index is 0.0886. The fourth-order valence-corrected chi connectivity index (χ4v) is 5.06. The van der Waals surface area contributed by atoms with E-state index in [0.717, 1.165) is 44.2 Å². The SMILES string of the molecule is C=CCn1c([C@H]2CC[C@@H](C)O2)nnc1N1CCC2(CCCCC2)CC1. The number of hydrogen-bond acceptors (Lipinski definition) is 4. The molecule has 0 unspecified atom stereocenters. The molecule has 3 aliphatic rings. The Morgan fingerprint density at radius 3 is 2.52 bits per heavy atom. The van der Waals surface area contributed by atoms with Crippen molar-refractivity contribution in [3.8, 4) is 0 Å². The van der Waals surface area contributed by atoms with Crippen LogP contribution in [-0.2, 0) is 11.3 Å². The van der Waals surface area contributed by atoms with Crippen molar-refractivity contribution >= 4 is 5.95 Å². The van der Waals surface area contributed by atoms with Gasteiger partial charge < -0.3 is 9.64 Å². The summed E-state index contributed by atoms with van der Waals surface area (Å²) in [5.41, 5.74) is 0.616. The van der Waals surface area contributed by atoms with Crippen LogP contribution in [-0.4, -0.2) is 34.0 Å². The van der Waals surface area contributed by atoms with Crippen molar-refractivity contribution in [1.29, 1.82) is 0 Å². The van der Waals surface area contributed by atoms with Gasteiger partial charge in [-0.25, -0.2) is 0 Å². The fourth-order valence-electron chi connectivity index (χ4n) is 5.06. The van der Waals surface area contributed by atoms with E-state index < -0.39 is 0 Å². The van der Waals surface area contributed by atoms with E-state index in [9.17, 15) is 0 Å². The summed E-state index contributed by atoms with van der Waals surface area (Å²) in [5, 5.41) is 9.10. The average molecular weight is 345 g/mol. The molecule has 1 aliphatic carbocycles. The first-order valence-corrected chi connectivity index (χ1v) is 10.2. The Morgan fingerprint density at radius 1 is 1.12 bits per heavy atom. The summed E-state index contributed by atoms with van der Waals surface area (Å²) in [4.78, 5) is 2.44. The van der Waals surface area contributed by atoms with Gasteiger partial charge in [0.15, 0.2) is 5.82 Å². The number of rotatable bonds is 4. The minimum atomic E-state index is 0.0886. The van der Waals surface area contributed by atoms with Crippen molar-refractivity contribution < 1.29 is 4.74 Å². The molecule has 1 spiro atoms. The van der Waals surface area contributed by atoms with Gasteiger partial charge in [-0.2, -0.15) is 0 Å². The largest absolute Gasteiger partial charge is 0.367 e. The molecule has 0 radical (unpaired) electrons. The molecule has 5 nitrogen and oxygen atoms in total. The highest BCUT2D eigenvalue weighted by atomic mass is 16.5. The molecule has 2 atom stereocenters. The molecule has 1 aromatic heterocycles. The van der Waals surface area contributed by atoms with Gasteiger partial charge in [-0.15, -0.1) is 16.8 Å². The molecule has 0 bridgehead atoms. The molecule has 4 rings (SSSR count). The van der Waals surface area contributed by atoms with Gasteiger partial charge in [-0.3, -0.25) is 4.57 Å². The summed E-state index contributed by atoms with van der Waals surface area (Å²) in [6.45, 7) is 9.05. The highest BCUT2D eigenvalue weighted by Gasteiger charge is 2.37. The molecular formula is C20H32N4O. The summed E-state index contributed by atoms with van der Waals surface area (Å²) in [7, 11) is 0. The van der Waals surface area contributed by atoms with Gasteiger partial charge in [0.2, 0.25) is 5.95 Å². The molecule has 138 valence electrons. The molecule has 5 heteroatoms. The lowest BCUT2D eigenvalue weighted by Gasteiger charge is -2.44. The van der Waals surface area contributed by atoms with Gasteiger partial charge in [0, 0.05) is 19.6 Å². The van der Waals surface area contributed by atoms with E-state index >= 15 is 0 Å². The van der Waals surface area contributed by atoms with Crippen LogP contribution in [0.1, 0.15) is 76.6 Å². The third-order valence-electron chi connectivity index (χ3n) is 6.61. The Balaban J connectivity index is 1.50. The maximum absolute atomic E-state index is 6.05. The number of anilines is 1. The predicted molar refractivity (Wildman–Crippen MR) is 99.7 cm³/mol. The second-order valence-electron chi connectivity index (χ2n) is 8.32. The van der Waals surface area contributed by atoms with E-state index in [1.54, 1.807) is 0 Å². The quantitative estimate of drug-likeness (QED) is 0.766. The van der Waals surface area contributed by atoms with Crippen molar-refractivity contribution in [3.63, 3.8) is 0 Å². The number of aromatic nitrogens is 3. The first-order valence-electron chi connectivity index (χ1n) is 10.2. The Morgan fingerprint density at radius 2 is 1.88 bits per heavy atom. The lowest BCUT2D eigenvalue weighted by molar-refractivity contribution is 0.0482. The van der Waals surface area contributed by atoms with Gasteiger partial charge in [-0.05, 0) is 50.9 Å². The molecule has 1 aromatic rings. The van der Waals surface area contributed by atoms with Gasteiger partial charge in [-0.1, -0.05) is 25.3 Å². The van der Waals surface area contributed by atoms with Gasteiger partial charge >= 0.3 is 0 Å². The average Bonchev–Trinajstić information content (AvgIpc) is 3.23. The topological polar surface area (TPSA) is 43.2 Å². The van der Waals surface area contributed by atoms with Gasteiger partial charge in [0.25, 0.3) is 0 Å². The summed E-state index contributed by atoms with van der Waals surface area (Å²) >= 11 is 0. The number of ether oxygens (including phenoxy) is 1. The zero-order valence-corrected chi connectivity index (χ0v) is 15.6. The number of allylic oxidation sites excluding steroid dienone is 1. The summed E-state index contributed by atoms with van der Waals surface area (Å²) in [6.07, 6.45) is 14.3. The minimum Gasteiger partial charge on any atom is -0.367 e. The van der Waals surface area contributed by atoms with Crippen molar-refractivity contribution in [1.82, 2.24) is 14.8 Å². The van der Waals surface area contributed by atoms with E-state index in [4.69, 9.17) is 4.74 Å². The molecule has 3 heterocycles. The van der Waals surface area contributed by atoms with E-state index in [1.807, 2.05) is 6.08 Å². The fraction of sp³-hybridized carbons (Fsp3) is 0.800. The first kappa shape index (κ1) is 17.1. The van der Waals surface area contributed by atoms with Crippen molar-refractivity contribution in [2.45, 2.75) is 83.5 Å². The molecular weight excluding hydrogens is 312 g/mol. The standard InChI is InChI=1S/C20H32N4O/c1-3-13-24-18(17-8-7-16(2)25-17)21-22-19(24)23-14-11-20(12-15-23)9-5-4-6-10-20/h3,16-17H,1,4-15H2,2H3/t16-,17-/m1/s1. The lowest BCUT2D eigenvalue weighted by Crippen LogP contribution is -2.42. The van der Waals surface area contributed by atoms with Crippen LogP contribution in [0.2, 0.25) is 0 Å². The van der Waals surface area contributed by atoms with Crippen LogP contribution in [0.4, 0.5) is 5.95 Å². The van der Waals surface area contributed by atoms with E-state index in [1.165, 1.54) is 44.9 Å².